The van der Waals surface area contributed by atoms with Crippen molar-refractivity contribution in [3.63, 3.8) is 0 Å². The lowest BCUT2D eigenvalue weighted by Crippen LogP contribution is -2.51. The van der Waals surface area contributed by atoms with Crippen LogP contribution in [0.5, 0.6) is 0 Å². The highest BCUT2D eigenvalue weighted by Gasteiger charge is 2.49. The van der Waals surface area contributed by atoms with E-state index in [9.17, 15) is 4.79 Å². The average Bonchev–Trinajstić information content (AvgIpc) is 2.97. The van der Waals surface area contributed by atoms with E-state index in [1.165, 1.54) is 0 Å². The number of nitrogens with two attached hydrogens (primary N) is 1. The van der Waals surface area contributed by atoms with Crippen molar-refractivity contribution in [1.29, 1.82) is 0 Å². The standard InChI is InChI=1S/C13H24N2O/c1-9(2)11-8-15(7-4-10(11)3)12(16)13(14)5-6-13/h9-11H,4-8,14H2,1-3H3. The first-order chi connectivity index (χ1) is 7.44. The van der Waals surface area contributed by atoms with E-state index in [1.54, 1.807) is 0 Å². The van der Waals surface area contributed by atoms with E-state index < -0.39 is 5.54 Å². The number of nitrogens with zero attached hydrogens (tertiary/aromatic N) is 1. The van der Waals surface area contributed by atoms with Gasteiger partial charge in [-0.3, -0.25) is 4.79 Å². The molecule has 2 fully saturated rings. The molecule has 1 saturated heterocycles. The molecule has 3 heteroatoms. The Morgan fingerprint density at radius 3 is 2.56 bits per heavy atom. The molecule has 0 aromatic heterocycles. The van der Waals surface area contributed by atoms with Gasteiger partial charge < -0.3 is 10.6 Å². The van der Waals surface area contributed by atoms with Crippen LogP contribution in [0, 0.1) is 17.8 Å². The van der Waals surface area contributed by atoms with Crippen molar-refractivity contribution in [2.75, 3.05) is 13.1 Å². The summed E-state index contributed by atoms with van der Waals surface area (Å²) in [6, 6.07) is 0. The summed E-state index contributed by atoms with van der Waals surface area (Å²) in [6.07, 6.45) is 2.89. The first-order valence-corrected chi connectivity index (χ1v) is 6.52. The molecule has 1 amide bonds. The van der Waals surface area contributed by atoms with Crippen LogP contribution in [0.2, 0.25) is 0 Å². The zero-order valence-corrected chi connectivity index (χ0v) is 10.7. The monoisotopic (exact) mass is 224 g/mol. The summed E-state index contributed by atoms with van der Waals surface area (Å²) in [7, 11) is 0. The van der Waals surface area contributed by atoms with Crippen molar-refractivity contribution in [3.8, 4) is 0 Å². The van der Waals surface area contributed by atoms with Crippen molar-refractivity contribution in [2.45, 2.75) is 45.6 Å². The lowest BCUT2D eigenvalue weighted by atomic mass is 9.79. The molecule has 2 rings (SSSR count). The number of hydrogen-bond acceptors (Lipinski definition) is 2. The van der Waals surface area contributed by atoms with Crippen molar-refractivity contribution in [2.24, 2.45) is 23.5 Å². The number of rotatable bonds is 2. The SMILES string of the molecule is CC(C)C1CN(C(=O)C2(N)CC2)CCC1C. The molecule has 16 heavy (non-hydrogen) atoms. The quantitative estimate of drug-likeness (QED) is 0.774. The number of amides is 1. The Hall–Kier alpha value is -0.570. The maximum atomic E-state index is 12.2. The molecular formula is C13H24N2O. The Morgan fingerprint density at radius 1 is 1.44 bits per heavy atom. The molecule has 92 valence electrons. The number of likely N-dealkylation sites (tertiary alicyclic amines) is 1. The molecule has 1 heterocycles. The zero-order valence-electron chi connectivity index (χ0n) is 10.7. The van der Waals surface area contributed by atoms with Crippen LogP contribution >= 0.6 is 0 Å². The Labute approximate surface area is 98.4 Å². The van der Waals surface area contributed by atoms with Crippen LogP contribution in [-0.4, -0.2) is 29.4 Å². The molecule has 2 atom stereocenters. The first-order valence-electron chi connectivity index (χ1n) is 6.52. The molecule has 1 saturated carbocycles. The summed E-state index contributed by atoms with van der Waals surface area (Å²) in [4.78, 5) is 14.2. The van der Waals surface area contributed by atoms with E-state index in [2.05, 4.69) is 20.8 Å². The van der Waals surface area contributed by atoms with E-state index >= 15 is 0 Å². The van der Waals surface area contributed by atoms with Crippen LogP contribution in [0.25, 0.3) is 0 Å². The minimum atomic E-state index is -0.484. The van der Waals surface area contributed by atoms with Gasteiger partial charge in [-0.2, -0.15) is 0 Å². The van der Waals surface area contributed by atoms with Gasteiger partial charge in [-0.1, -0.05) is 20.8 Å². The fourth-order valence-electron chi connectivity index (χ4n) is 2.82. The normalized spacial score (nSPS) is 32.9. The highest BCUT2D eigenvalue weighted by molar-refractivity contribution is 5.89. The van der Waals surface area contributed by atoms with Crippen molar-refractivity contribution in [1.82, 2.24) is 4.90 Å². The molecule has 0 spiro atoms. The number of carbonyl (C=O) groups is 1. The molecule has 0 aromatic rings. The highest BCUT2D eigenvalue weighted by atomic mass is 16.2. The predicted molar refractivity (Wildman–Crippen MR) is 64.8 cm³/mol. The van der Waals surface area contributed by atoms with E-state index in [0.29, 0.717) is 11.8 Å². The third kappa shape index (κ3) is 2.10. The molecule has 2 N–H and O–H groups in total. The third-order valence-corrected chi connectivity index (χ3v) is 4.37. The van der Waals surface area contributed by atoms with Crippen LogP contribution in [0.1, 0.15) is 40.0 Å². The van der Waals surface area contributed by atoms with Crippen LogP contribution in [0.15, 0.2) is 0 Å². The lowest BCUT2D eigenvalue weighted by Gasteiger charge is -2.40. The smallest absolute Gasteiger partial charge is 0.242 e. The maximum absolute atomic E-state index is 12.2. The largest absolute Gasteiger partial charge is 0.341 e. The van der Waals surface area contributed by atoms with Gasteiger partial charge in [0.25, 0.3) is 0 Å². The number of hydrogen-bond donors (Lipinski definition) is 1. The van der Waals surface area contributed by atoms with Gasteiger partial charge >= 0.3 is 0 Å². The molecule has 0 bridgehead atoms. The molecule has 0 radical (unpaired) electrons. The molecule has 1 aliphatic carbocycles. The summed E-state index contributed by atoms with van der Waals surface area (Å²) < 4.78 is 0. The van der Waals surface area contributed by atoms with Gasteiger partial charge in [0, 0.05) is 13.1 Å². The molecule has 2 unspecified atom stereocenters. The summed E-state index contributed by atoms with van der Waals surface area (Å²) in [5.74, 6) is 2.22. The van der Waals surface area contributed by atoms with Gasteiger partial charge in [0.15, 0.2) is 0 Å². The van der Waals surface area contributed by atoms with Gasteiger partial charge in [-0.05, 0) is 37.0 Å². The van der Waals surface area contributed by atoms with Gasteiger partial charge in [0.05, 0.1) is 5.54 Å². The van der Waals surface area contributed by atoms with Crippen molar-refractivity contribution in [3.05, 3.63) is 0 Å². The van der Waals surface area contributed by atoms with Gasteiger partial charge in [-0.15, -0.1) is 0 Å². The Balaban J connectivity index is 2.00. The van der Waals surface area contributed by atoms with Crippen molar-refractivity contribution < 1.29 is 4.79 Å². The minimum absolute atomic E-state index is 0.199. The third-order valence-electron chi connectivity index (χ3n) is 4.37. The summed E-state index contributed by atoms with van der Waals surface area (Å²) in [5, 5.41) is 0. The van der Waals surface area contributed by atoms with Crippen LogP contribution in [0.4, 0.5) is 0 Å². The second-order valence-electron chi connectivity index (χ2n) is 6.08. The Kier molecular flexibility index (Phi) is 2.99. The first kappa shape index (κ1) is 11.9. The van der Waals surface area contributed by atoms with Crippen LogP contribution < -0.4 is 5.73 Å². The predicted octanol–water partition coefficient (Wildman–Crippen LogP) is 1.62. The van der Waals surface area contributed by atoms with Crippen LogP contribution in [0.3, 0.4) is 0 Å². The fourth-order valence-corrected chi connectivity index (χ4v) is 2.82. The summed E-state index contributed by atoms with van der Waals surface area (Å²) in [5.41, 5.74) is 5.50. The van der Waals surface area contributed by atoms with E-state index in [1.807, 2.05) is 4.90 Å². The highest BCUT2D eigenvalue weighted by Crippen LogP contribution is 2.37. The molecule has 2 aliphatic rings. The minimum Gasteiger partial charge on any atom is -0.341 e. The number of carbonyl (C=O) groups excluding carboxylic acids is 1. The Morgan fingerprint density at radius 2 is 2.06 bits per heavy atom. The van der Waals surface area contributed by atoms with E-state index in [0.717, 1.165) is 38.3 Å². The molecule has 3 nitrogen and oxygen atoms in total. The number of piperidine rings is 1. The summed E-state index contributed by atoms with van der Waals surface area (Å²) in [6.45, 7) is 8.63. The Bertz CT molecular complexity index is 284. The topological polar surface area (TPSA) is 46.3 Å². The maximum Gasteiger partial charge on any atom is 0.242 e. The van der Waals surface area contributed by atoms with Gasteiger partial charge in [0.2, 0.25) is 5.91 Å². The average molecular weight is 224 g/mol. The van der Waals surface area contributed by atoms with Crippen LogP contribution in [-0.2, 0) is 4.79 Å². The second-order valence-corrected chi connectivity index (χ2v) is 6.08. The van der Waals surface area contributed by atoms with Crippen molar-refractivity contribution >= 4 is 5.91 Å². The fraction of sp³-hybridized carbons (Fsp3) is 0.923. The summed E-state index contributed by atoms with van der Waals surface area (Å²) >= 11 is 0. The van der Waals surface area contributed by atoms with E-state index in [4.69, 9.17) is 5.73 Å². The zero-order chi connectivity index (χ0) is 11.9. The lowest BCUT2D eigenvalue weighted by molar-refractivity contribution is -0.136. The second kappa shape index (κ2) is 4.02. The molecule has 0 aromatic carbocycles. The molecule has 1 aliphatic heterocycles. The molecular weight excluding hydrogens is 200 g/mol. The van der Waals surface area contributed by atoms with Gasteiger partial charge in [-0.25, -0.2) is 0 Å². The van der Waals surface area contributed by atoms with E-state index in [-0.39, 0.29) is 5.91 Å². The van der Waals surface area contributed by atoms with Gasteiger partial charge in [0.1, 0.15) is 0 Å².